The zero-order valence-electron chi connectivity index (χ0n) is 7.49. The summed E-state index contributed by atoms with van der Waals surface area (Å²) < 4.78 is 10.4. The zero-order chi connectivity index (χ0) is 9.10. The summed E-state index contributed by atoms with van der Waals surface area (Å²) >= 11 is 0. The molecule has 0 fully saturated rings. The lowest BCUT2D eigenvalue weighted by Crippen LogP contribution is -1.92. The van der Waals surface area contributed by atoms with Crippen LogP contribution in [0.25, 0.3) is 0 Å². The van der Waals surface area contributed by atoms with E-state index in [2.05, 4.69) is 4.99 Å². The highest BCUT2D eigenvalue weighted by atomic mass is 16.7. The molecule has 0 radical (unpaired) electrons. The second-order valence-corrected chi connectivity index (χ2v) is 2.74. The molecule has 0 aliphatic carbocycles. The number of fused-ring (bicyclic) bond motifs is 1. The van der Waals surface area contributed by atoms with Crippen molar-refractivity contribution in [3.05, 3.63) is 23.8 Å². The van der Waals surface area contributed by atoms with Crippen molar-refractivity contribution in [3.63, 3.8) is 0 Å². The van der Waals surface area contributed by atoms with Crippen molar-refractivity contribution < 1.29 is 9.47 Å². The van der Waals surface area contributed by atoms with E-state index in [0.29, 0.717) is 6.79 Å². The quantitative estimate of drug-likeness (QED) is 0.645. The molecule has 1 aromatic rings. The molecule has 1 aromatic carbocycles. The molecule has 13 heavy (non-hydrogen) atoms. The van der Waals surface area contributed by atoms with Crippen molar-refractivity contribution in [1.29, 1.82) is 0 Å². The van der Waals surface area contributed by atoms with E-state index >= 15 is 0 Å². The molecule has 0 amide bonds. The highest BCUT2D eigenvalue weighted by Crippen LogP contribution is 2.31. The Labute approximate surface area is 77.0 Å². The second-order valence-electron chi connectivity index (χ2n) is 2.74. The number of hydrogen-bond donors (Lipinski definition) is 0. The Hall–Kier alpha value is -1.51. The maximum Gasteiger partial charge on any atom is 0.231 e. The van der Waals surface area contributed by atoms with Gasteiger partial charge in [-0.1, -0.05) is 0 Å². The fourth-order valence-electron chi connectivity index (χ4n) is 1.19. The normalized spacial score (nSPS) is 13.9. The van der Waals surface area contributed by atoms with Crippen molar-refractivity contribution >= 4 is 6.21 Å². The van der Waals surface area contributed by atoms with Crippen molar-refractivity contribution in [2.24, 2.45) is 4.99 Å². The van der Waals surface area contributed by atoms with Crippen LogP contribution < -0.4 is 9.47 Å². The lowest BCUT2D eigenvalue weighted by atomic mass is 10.2. The van der Waals surface area contributed by atoms with Crippen LogP contribution in [-0.4, -0.2) is 19.6 Å². The molecule has 2 rings (SSSR count). The predicted molar refractivity (Wildman–Crippen MR) is 50.7 cm³/mol. The number of aliphatic imine (C=N–C) groups is 1. The number of nitrogens with zero attached hydrogens (tertiary/aromatic N) is 1. The monoisotopic (exact) mass is 177 g/mol. The Bertz CT molecular complexity index is 334. The number of rotatable bonds is 2. The maximum absolute atomic E-state index is 5.24. The van der Waals surface area contributed by atoms with Gasteiger partial charge in [0.1, 0.15) is 0 Å². The highest BCUT2D eigenvalue weighted by Gasteiger charge is 2.11. The van der Waals surface area contributed by atoms with E-state index < -0.39 is 0 Å². The predicted octanol–water partition coefficient (Wildman–Crippen LogP) is 1.85. The van der Waals surface area contributed by atoms with Crippen LogP contribution in [0.1, 0.15) is 12.5 Å². The summed E-state index contributed by atoms with van der Waals surface area (Å²) in [5, 5.41) is 0. The maximum atomic E-state index is 5.24. The van der Waals surface area contributed by atoms with Gasteiger partial charge < -0.3 is 9.47 Å². The molecule has 0 saturated heterocycles. The van der Waals surface area contributed by atoms with Gasteiger partial charge in [0.15, 0.2) is 11.5 Å². The summed E-state index contributed by atoms with van der Waals surface area (Å²) in [4.78, 5) is 4.15. The first kappa shape index (κ1) is 8.10. The largest absolute Gasteiger partial charge is 0.454 e. The summed E-state index contributed by atoms with van der Waals surface area (Å²) in [6.45, 7) is 3.13. The molecule has 0 saturated carbocycles. The highest BCUT2D eigenvalue weighted by molar-refractivity contribution is 5.80. The summed E-state index contributed by atoms with van der Waals surface area (Å²) in [6.07, 6.45) is 1.84. The molecule has 0 unspecified atom stereocenters. The van der Waals surface area contributed by atoms with E-state index in [1.807, 2.05) is 31.3 Å². The molecule has 1 aliphatic rings. The Kier molecular flexibility index (Phi) is 2.17. The van der Waals surface area contributed by atoms with E-state index in [9.17, 15) is 0 Å². The SMILES string of the molecule is CC/N=C/c1ccc2c(c1)OCO2. The summed E-state index contributed by atoms with van der Waals surface area (Å²) in [6, 6.07) is 5.80. The van der Waals surface area contributed by atoms with Crippen molar-refractivity contribution in [1.82, 2.24) is 0 Å². The Morgan fingerprint density at radius 3 is 3.08 bits per heavy atom. The van der Waals surface area contributed by atoms with E-state index in [4.69, 9.17) is 9.47 Å². The van der Waals surface area contributed by atoms with Crippen molar-refractivity contribution in [2.45, 2.75) is 6.92 Å². The summed E-state index contributed by atoms with van der Waals surface area (Å²) in [7, 11) is 0. The van der Waals surface area contributed by atoms with Gasteiger partial charge in [0.25, 0.3) is 0 Å². The van der Waals surface area contributed by atoms with Gasteiger partial charge in [0.05, 0.1) is 0 Å². The van der Waals surface area contributed by atoms with Gasteiger partial charge in [-0.2, -0.15) is 0 Å². The third-order valence-corrected chi connectivity index (χ3v) is 1.82. The van der Waals surface area contributed by atoms with Crippen molar-refractivity contribution in [2.75, 3.05) is 13.3 Å². The molecule has 0 aromatic heterocycles. The van der Waals surface area contributed by atoms with E-state index in [1.165, 1.54) is 0 Å². The molecule has 1 aliphatic heterocycles. The molecule has 68 valence electrons. The van der Waals surface area contributed by atoms with Crippen LogP contribution in [0.2, 0.25) is 0 Å². The van der Waals surface area contributed by atoms with Gasteiger partial charge in [-0.25, -0.2) is 0 Å². The summed E-state index contributed by atoms with van der Waals surface area (Å²) in [5.74, 6) is 1.62. The Balaban J connectivity index is 2.25. The minimum absolute atomic E-state index is 0.323. The van der Waals surface area contributed by atoms with Crippen LogP contribution in [0.4, 0.5) is 0 Å². The van der Waals surface area contributed by atoms with Crippen LogP contribution >= 0.6 is 0 Å². The smallest absolute Gasteiger partial charge is 0.231 e. The first-order valence-electron chi connectivity index (χ1n) is 4.29. The molecular formula is C10H11NO2. The van der Waals surface area contributed by atoms with Crippen LogP contribution in [-0.2, 0) is 0 Å². The van der Waals surface area contributed by atoms with Gasteiger partial charge in [0.2, 0.25) is 6.79 Å². The number of benzene rings is 1. The molecule has 0 bridgehead atoms. The topological polar surface area (TPSA) is 30.8 Å². The van der Waals surface area contributed by atoms with Gasteiger partial charge in [-0.15, -0.1) is 0 Å². The molecule has 3 nitrogen and oxygen atoms in total. The number of ether oxygens (including phenoxy) is 2. The fourth-order valence-corrected chi connectivity index (χ4v) is 1.19. The Morgan fingerprint density at radius 1 is 1.38 bits per heavy atom. The van der Waals surface area contributed by atoms with Crippen LogP contribution in [0.15, 0.2) is 23.2 Å². The third-order valence-electron chi connectivity index (χ3n) is 1.82. The third kappa shape index (κ3) is 1.64. The van der Waals surface area contributed by atoms with Gasteiger partial charge in [-0.3, -0.25) is 4.99 Å². The minimum Gasteiger partial charge on any atom is -0.454 e. The lowest BCUT2D eigenvalue weighted by Gasteiger charge is -1.96. The molecule has 0 N–H and O–H groups in total. The van der Waals surface area contributed by atoms with E-state index in [1.54, 1.807) is 0 Å². The second kappa shape index (κ2) is 3.47. The summed E-state index contributed by atoms with van der Waals surface area (Å²) in [5.41, 5.74) is 1.05. The molecule has 0 atom stereocenters. The van der Waals surface area contributed by atoms with Crippen LogP contribution in [0.5, 0.6) is 11.5 Å². The zero-order valence-corrected chi connectivity index (χ0v) is 7.49. The average Bonchev–Trinajstić information content (AvgIpc) is 2.61. The van der Waals surface area contributed by atoms with E-state index in [-0.39, 0.29) is 0 Å². The first-order valence-corrected chi connectivity index (χ1v) is 4.29. The van der Waals surface area contributed by atoms with E-state index in [0.717, 1.165) is 23.6 Å². The minimum atomic E-state index is 0.323. The molecule has 1 heterocycles. The number of hydrogen-bond acceptors (Lipinski definition) is 3. The standard InChI is InChI=1S/C10H11NO2/c1-2-11-6-8-3-4-9-10(5-8)13-7-12-9/h3-6H,2,7H2,1H3/b11-6+. The molecular weight excluding hydrogens is 166 g/mol. The lowest BCUT2D eigenvalue weighted by molar-refractivity contribution is 0.174. The average molecular weight is 177 g/mol. The van der Waals surface area contributed by atoms with Crippen molar-refractivity contribution in [3.8, 4) is 11.5 Å². The van der Waals surface area contributed by atoms with Gasteiger partial charge in [0, 0.05) is 12.8 Å². The van der Waals surface area contributed by atoms with Gasteiger partial charge in [-0.05, 0) is 30.7 Å². The van der Waals surface area contributed by atoms with Gasteiger partial charge >= 0.3 is 0 Å². The van der Waals surface area contributed by atoms with Crippen LogP contribution in [0.3, 0.4) is 0 Å². The Morgan fingerprint density at radius 2 is 2.23 bits per heavy atom. The first-order chi connectivity index (χ1) is 6.40. The molecule has 3 heteroatoms. The fraction of sp³-hybridized carbons (Fsp3) is 0.300. The molecule has 0 spiro atoms. The van der Waals surface area contributed by atoms with Crippen LogP contribution in [0, 0.1) is 0 Å².